The lowest BCUT2D eigenvalue weighted by Crippen LogP contribution is -2.37. The molecule has 7 heteroatoms. The van der Waals surface area contributed by atoms with Crippen LogP contribution in [0.3, 0.4) is 0 Å². The summed E-state index contributed by atoms with van der Waals surface area (Å²) in [7, 11) is 3.94. The van der Waals surface area contributed by atoms with Gasteiger partial charge in [0.05, 0.1) is 13.1 Å². The highest BCUT2D eigenvalue weighted by Gasteiger charge is 2.14. The number of allylic oxidation sites excluding steroid dienone is 4. The molecule has 0 saturated carbocycles. The number of amides is 1. The molecule has 7 nitrogen and oxygen atoms in total. The highest BCUT2D eigenvalue weighted by atomic mass is 16.5. The Balaban J connectivity index is 0. The van der Waals surface area contributed by atoms with Crippen molar-refractivity contribution in [3.8, 4) is 0 Å². The Bertz CT molecular complexity index is 826. The molecule has 0 aliphatic heterocycles. The number of unbranched alkanes of at least 4 members (excludes halogenated alkanes) is 23. The van der Waals surface area contributed by atoms with Gasteiger partial charge in [0.15, 0.2) is 0 Å². The average Bonchev–Trinajstić information content (AvgIpc) is 3.16. The van der Waals surface area contributed by atoms with E-state index in [0.717, 1.165) is 38.6 Å². The number of ether oxygens (including phenoxy) is 2. The van der Waals surface area contributed by atoms with Crippen LogP contribution in [0.2, 0.25) is 0 Å². The van der Waals surface area contributed by atoms with E-state index >= 15 is 0 Å². The van der Waals surface area contributed by atoms with Gasteiger partial charge < -0.3 is 19.3 Å². The summed E-state index contributed by atoms with van der Waals surface area (Å²) in [5.74, 6) is -0.226. The Hall–Kier alpha value is -2.15. The molecule has 0 spiro atoms. The van der Waals surface area contributed by atoms with Crippen molar-refractivity contribution < 1.29 is 23.9 Å². The SMILES string of the molecule is CCCCCCCC/C=C\CCCCCCCC.CCCCCCCC/C=C\CCCCCCCC(=O)OCCN(CCOC=O)C(=O)CCCN(C)C. The zero-order chi connectivity index (χ0) is 40.0. The summed E-state index contributed by atoms with van der Waals surface area (Å²) < 4.78 is 10.1. The number of hydrogen-bond acceptors (Lipinski definition) is 6. The highest BCUT2D eigenvalue weighted by Crippen LogP contribution is 2.12. The Labute approximate surface area is 335 Å². The van der Waals surface area contributed by atoms with Gasteiger partial charge in [-0.3, -0.25) is 14.4 Å². The van der Waals surface area contributed by atoms with E-state index in [1.165, 1.54) is 148 Å². The Morgan fingerprint density at radius 2 is 0.852 bits per heavy atom. The van der Waals surface area contributed by atoms with Crippen LogP contribution in [-0.4, -0.2) is 75.1 Å². The van der Waals surface area contributed by atoms with Crippen molar-refractivity contribution >= 4 is 18.3 Å². The second-order valence-electron chi connectivity index (χ2n) is 15.4. The van der Waals surface area contributed by atoms with E-state index in [0.29, 0.717) is 32.4 Å². The van der Waals surface area contributed by atoms with E-state index in [9.17, 15) is 14.4 Å². The summed E-state index contributed by atoms with van der Waals surface area (Å²) >= 11 is 0. The van der Waals surface area contributed by atoms with Gasteiger partial charge in [0, 0.05) is 12.8 Å². The highest BCUT2D eigenvalue weighted by molar-refractivity contribution is 5.76. The van der Waals surface area contributed by atoms with Crippen molar-refractivity contribution in [1.29, 1.82) is 0 Å². The molecule has 0 bridgehead atoms. The number of hydrogen-bond donors (Lipinski definition) is 0. The Kier molecular flexibility index (Phi) is 47.0. The lowest BCUT2D eigenvalue weighted by atomic mass is 10.1. The van der Waals surface area contributed by atoms with Gasteiger partial charge in [-0.05, 0) is 84.8 Å². The fourth-order valence-electron chi connectivity index (χ4n) is 6.28. The average molecular weight is 763 g/mol. The maximum Gasteiger partial charge on any atom is 0.305 e. The van der Waals surface area contributed by atoms with E-state index in [1.54, 1.807) is 4.90 Å². The molecule has 0 saturated heterocycles. The van der Waals surface area contributed by atoms with Crippen LogP contribution in [0.4, 0.5) is 0 Å². The molecular weight excluding hydrogens is 673 g/mol. The summed E-state index contributed by atoms with van der Waals surface area (Å²) in [4.78, 5) is 38.5. The van der Waals surface area contributed by atoms with Gasteiger partial charge in [-0.2, -0.15) is 0 Å². The molecule has 0 fully saturated rings. The van der Waals surface area contributed by atoms with Gasteiger partial charge in [-0.25, -0.2) is 0 Å². The molecule has 0 unspecified atom stereocenters. The lowest BCUT2D eigenvalue weighted by molar-refractivity contribution is -0.146. The van der Waals surface area contributed by atoms with Crippen LogP contribution in [-0.2, 0) is 23.9 Å². The fraction of sp³-hybridized carbons (Fsp3) is 0.851. The summed E-state index contributed by atoms with van der Waals surface area (Å²) in [6.07, 6.45) is 46.6. The van der Waals surface area contributed by atoms with Crippen LogP contribution in [0.15, 0.2) is 24.3 Å². The molecule has 0 aromatic rings. The van der Waals surface area contributed by atoms with Crippen LogP contribution in [0.5, 0.6) is 0 Å². The van der Waals surface area contributed by atoms with Gasteiger partial charge in [-0.15, -0.1) is 0 Å². The second-order valence-corrected chi connectivity index (χ2v) is 15.4. The van der Waals surface area contributed by atoms with Crippen LogP contribution >= 0.6 is 0 Å². The molecular formula is C47H90N2O5. The normalized spacial score (nSPS) is 11.3. The third-order valence-corrected chi connectivity index (χ3v) is 9.78. The number of esters is 1. The molecule has 0 aromatic carbocycles. The summed E-state index contributed by atoms with van der Waals surface area (Å²) in [6, 6.07) is 0. The van der Waals surface area contributed by atoms with Crippen LogP contribution < -0.4 is 0 Å². The first-order valence-corrected chi connectivity index (χ1v) is 22.9. The largest absolute Gasteiger partial charge is 0.466 e. The third kappa shape index (κ3) is 46.0. The van der Waals surface area contributed by atoms with Gasteiger partial charge in [0.25, 0.3) is 6.47 Å². The molecule has 54 heavy (non-hydrogen) atoms. The minimum Gasteiger partial charge on any atom is -0.466 e. The van der Waals surface area contributed by atoms with Gasteiger partial charge in [0.2, 0.25) is 5.91 Å². The van der Waals surface area contributed by atoms with Gasteiger partial charge >= 0.3 is 5.97 Å². The molecule has 0 aromatic heterocycles. The van der Waals surface area contributed by atoms with Crippen molar-refractivity contribution in [3.63, 3.8) is 0 Å². The van der Waals surface area contributed by atoms with Gasteiger partial charge in [0.1, 0.15) is 13.2 Å². The topological polar surface area (TPSA) is 76.1 Å². The number of rotatable bonds is 40. The van der Waals surface area contributed by atoms with Crippen molar-refractivity contribution in [2.75, 3.05) is 46.9 Å². The Morgan fingerprint density at radius 1 is 0.463 bits per heavy atom. The van der Waals surface area contributed by atoms with E-state index in [1.807, 2.05) is 19.0 Å². The first kappa shape index (κ1) is 54.0. The standard InChI is InChI=1S/C29H54N2O5.C18H36/c1-4-5-6-7-8-9-10-11-12-13-14-15-16-17-18-21-29(34)36-26-24-31(23-25-35-27-32)28(33)20-19-22-30(2)3;1-3-5-7-9-11-13-15-17-18-16-14-12-10-8-6-4-2/h11-12,27H,4-10,13-26H2,1-3H3;17-18H,3-16H2,1-2H3/b12-11-;18-17-. The number of nitrogens with zero attached hydrogens (tertiary/aromatic N) is 2. The van der Waals surface area contributed by atoms with E-state index in [-0.39, 0.29) is 25.1 Å². The van der Waals surface area contributed by atoms with Crippen molar-refractivity contribution in [3.05, 3.63) is 24.3 Å². The minimum atomic E-state index is -0.211. The minimum absolute atomic E-state index is 0.0142. The third-order valence-electron chi connectivity index (χ3n) is 9.78. The smallest absolute Gasteiger partial charge is 0.305 e. The monoisotopic (exact) mass is 763 g/mol. The van der Waals surface area contributed by atoms with E-state index in [2.05, 4.69) is 45.1 Å². The molecule has 0 N–H and O–H groups in total. The molecule has 0 radical (unpaired) electrons. The van der Waals surface area contributed by atoms with Crippen molar-refractivity contribution in [2.45, 2.75) is 213 Å². The Morgan fingerprint density at radius 3 is 1.26 bits per heavy atom. The first-order chi connectivity index (χ1) is 26.4. The molecule has 0 aliphatic rings. The molecule has 0 heterocycles. The zero-order valence-electron chi connectivity index (χ0n) is 36.6. The fourth-order valence-corrected chi connectivity index (χ4v) is 6.28. The molecule has 0 aliphatic carbocycles. The quantitative estimate of drug-likeness (QED) is 0.0268. The van der Waals surface area contributed by atoms with E-state index < -0.39 is 0 Å². The second kappa shape index (κ2) is 47.0. The first-order valence-electron chi connectivity index (χ1n) is 22.9. The summed E-state index contributed by atoms with van der Waals surface area (Å²) in [5, 5.41) is 0. The molecule has 0 atom stereocenters. The summed E-state index contributed by atoms with van der Waals surface area (Å²) in [5.41, 5.74) is 0. The number of carbonyl (C=O) groups excluding carboxylic acids is 3. The van der Waals surface area contributed by atoms with Crippen LogP contribution in [0.1, 0.15) is 213 Å². The molecule has 318 valence electrons. The molecule has 1 amide bonds. The van der Waals surface area contributed by atoms with Gasteiger partial charge in [-0.1, -0.05) is 161 Å². The number of carbonyl (C=O) groups is 3. The van der Waals surface area contributed by atoms with Crippen molar-refractivity contribution in [1.82, 2.24) is 9.80 Å². The maximum absolute atomic E-state index is 12.4. The van der Waals surface area contributed by atoms with Crippen LogP contribution in [0.25, 0.3) is 0 Å². The predicted molar refractivity (Wildman–Crippen MR) is 232 cm³/mol. The predicted octanol–water partition coefficient (Wildman–Crippen LogP) is 13.0. The molecule has 0 rings (SSSR count). The maximum atomic E-state index is 12.4. The van der Waals surface area contributed by atoms with Crippen LogP contribution in [0, 0.1) is 0 Å². The summed E-state index contributed by atoms with van der Waals surface area (Å²) in [6.45, 7) is 8.97. The van der Waals surface area contributed by atoms with Crippen molar-refractivity contribution in [2.24, 2.45) is 0 Å². The zero-order valence-corrected chi connectivity index (χ0v) is 36.6. The van der Waals surface area contributed by atoms with E-state index in [4.69, 9.17) is 9.47 Å². The lowest BCUT2D eigenvalue weighted by Gasteiger charge is -2.22.